The van der Waals surface area contributed by atoms with Crippen molar-refractivity contribution in [3.05, 3.63) is 66.1 Å². The molecule has 0 spiro atoms. The summed E-state index contributed by atoms with van der Waals surface area (Å²) >= 11 is 0. The van der Waals surface area contributed by atoms with E-state index in [0.717, 1.165) is 11.0 Å². The molecule has 3 aromatic heterocycles. The molecule has 0 aliphatic carbocycles. The zero-order valence-electron chi connectivity index (χ0n) is 12.5. The lowest BCUT2D eigenvalue weighted by Gasteiger charge is -2.34. The molecule has 0 fully saturated rings. The first-order valence-corrected chi connectivity index (χ1v) is 7.53. The second-order valence-corrected chi connectivity index (χ2v) is 6.43. The van der Waals surface area contributed by atoms with Crippen molar-refractivity contribution >= 4 is 21.9 Å². The minimum absolute atomic E-state index is 0.0395. The summed E-state index contributed by atoms with van der Waals surface area (Å²) in [6.07, 6.45) is 5.72. The van der Waals surface area contributed by atoms with Gasteiger partial charge < -0.3 is 4.57 Å². The van der Waals surface area contributed by atoms with Crippen LogP contribution >= 0.6 is 0 Å². The fourth-order valence-electron chi connectivity index (χ4n) is 3.87. The van der Waals surface area contributed by atoms with Crippen LogP contribution in [0.2, 0.25) is 0 Å². The molecule has 0 bridgehead atoms. The zero-order valence-corrected chi connectivity index (χ0v) is 12.5. The van der Waals surface area contributed by atoms with Crippen LogP contribution in [0.15, 0.2) is 55.0 Å². The number of hydrogen-bond donors (Lipinski definition) is 0. The molecule has 0 amide bonds. The van der Waals surface area contributed by atoms with Gasteiger partial charge in [0.1, 0.15) is 0 Å². The summed E-state index contributed by atoms with van der Waals surface area (Å²) in [6, 6.07) is 12.8. The topological polar surface area (TPSA) is 30.7 Å². The molecule has 1 aromatic carbocycles. The Balaban J connectivity index is 2.15. The van der Waals surface area contributed by atoms with Gasteiger partial charge in [-0.3, -0.25) is 9.97 Å². The summed E-state index contributed by atoms with van der Waals surface area (Å²) in [6.45, 7) is 4.57. The van der Waals surface area contributed by atoms with Gasteiger partial charge in [-0.1, -0.05) is 32.0 Å². The molecule has 0 radical (unpaired) electrons. The number of nitrogens with zero attached hydrogens (tertiary/aromatic N) is 3. The standard InChI is InChI=1S/C19H15N3/c1-19(2)13-8-10-20-11-16(13)22-15-7-4-9-21-17(15)12-5-3-6-14(19)18(12)22/h3-11H,1-2H3. The predicted octanol–water partition coefficient (Wildman–Crippen LogP) is 4.21. The molecule has 1 aliphatic rings. The maximum absolute atomic E-state index is 4.63. The Morgan fingerprint density at radius 1 is 0.955 bits per heavy atom. The molecule has 4 heterocycles. The van der Waals surface area contributed by atoms with Gasteiger partial charge >= 0.3 is 0 Å². The van der Waals surface area contributed by atoms with Crippen molar-refractivity contribution in [1.82, 2.24) is 14.5 Å². The van der Waals surface area contributed by atoms with Gasteiger partial charge in [0.15, 0.2) is 0 Å². The molecule has 1 aliphatic heterocycles. The molecule has 5 rings (SSSR count). The van der Waals surface area contributed by atoms with Crippen molar-refractivity contribution in [2.24, 2.45) is 0 Å². The monoisotopic (exact) mass is 285 g/mol. The van der Waals surface area contributed by atoms with E-state index in [9.17, 15) is 0 Å². The largest absolute Gasteiger partial charge is 0.305 e. The normalized spacial score (nSPS) is 15.2. The summed E-state index contributed by atoms with van der Waals surface area (Å²) in [4.78, 5) is 8.99. The Kier molecular flexibility index (Phi) is 2.03. The number of pyridine rings is 2. The number of aromatic nitrogens is 3. The first-order valence-electron chi connectivity index (χ1n) is 7.53. The fourth-order valence-corrected chi connectivity index (χ4v) is 3.87. The lowest BCUT2D eigenvalue weighted by atomic mass is 9.75. The number of fused-ring (bicyclic) bond motifs is 5. The Labute approximate surface area is 128 Å². The van der Waals surface area contributed by atoms with Gasteiger partial charge in [0.2, 0.25) is 0 Å². The van der Waals surface area contributed by atoms with Gasteiger partial charge in [-0.25, -0.2) is 0 Å². The van der Waals surface area contributed by atoms with Gasteiger partial charge in [0.25, 0.3) is 0 Å². The SMILES string of the molecule is CC1(C)c2ccncc2-n2c3cccnc3c3cccc1c32. The Morgan fingerprint density at radius 3 is 2.77 bits per heavy atom. The molecule has 0 saturated heterocycles. The third-order valence-electron chi connectivity index (χ3n) is 4.93. The third kappa shape index (κ3) is 1.23. The molecule has 0 N–H and O–H groups in total. The van der Waals surface area contributed by atoms with Crippen LogP contribution in [0.3, 0.4) is 0 Å². The maximum atomic E-state index is 4.63. The minimum atomic E-state index is -0.0395. The van der Waals surface area contributed by atoms with Crippen LogP contribution in [0.5, 0.6) is 0 Å². The smallest absolute Gasteiger partial charge is 0.0963 e. The number of para-hydroxylation sites is 1. The average Bonchev–Trinajstić information content (AvgIpc) is 2.88. The molecule has 3 heteroatoms. The predicted molar refractivity (Wildman–Crippen MR) is 88.5 cm³/mol. The summed E-state index contributed by atoms with van der Waals surface area (Å²) in [7, 11) is 0. The summed E-state index contributed by atoms with van der Waals surface area (Å²) in [5.74, 6) is 0. The zero-order chi connectivity index (χ0) is 14.9. The maximum Gasteiger partial charge on any atom is 0.0963 e. The Morgan fingerprint density at radius 2 is 1.86 bits per heavy atom. The van der Waals surface area contributed by atoms with Crippen LogP contribution in [-0.4, -0.2) is 14.5 Å². The second-order valence-electron chi connectivity index (χ2n) is 6.43. The molecule has 4 aromatic rings. The van der Waals surface area contributed by atoms with Crippen LogP contribution in [0, 0.1) is 0 Å². The van der Waals surface area contributed by atoms with E-state index in [0.29, 0.717) is 0 Å². The van der Waals surface area contributed by atoms with E-state index in [1.165, 1.54) is 27.7 Å². The van der Waals surface area contributed by atoms with Crippen molar-refractivity contribution in [2.45, 2.75) is 19.3 Å². The molecule has 0 atom stereocenters. The highest BCUT2D eigenvalue weighted by atomic mass is 15.0. The molecular weight excluding hydrogens is 270 g/mol. The fraction of sp³-hybridized carbons (Fsp3) is 0.158. The van der Waals surface area contributed by atoms with Gasteiger partial charge in [0, 0.05) is 23.2 Å². The number of hydrogen-bond acceptors (Lipinski definition) is 2. The van der Waals surface area contributed by atoms with Crippen molar-refractivity contribution < 1.29 is 0 Å². The highest BCUT2D eigenvalue weighted by molar-refractivity contribution is 6.09. The van der Waals surface area contributed by atoms with Crippen LogP contribution in [0.1, 0.15) is 25.0 Å². The highest BCUT2D eigenvalue weighted by Gasteiger charge is 2.35. The molecule has 106 valence electrons. The van der Waals surface area contributed by atoms with E-state index in [-0.39, 0.29) is 5.41 Å². The van der Waals surface area contributed by atoms with Gasteiger partial charge in [-0.15, -0.1) is 0 Å². The Bertz CT molecular complexity index is 1060. The van der Waals surface area contributed by atoms with Crippen molar-refractivity contribution in [2.75, 3.05) is 0 Å². The lowest BCUT2D eigenvalue weighted by Crippen LogP contribution is -2.26. The van der Waals surface area contributed by atoms with Crippen LogP contribution in [0.4, 0.5) is 0 Å². The van der Waals surface area contributed by atoms with Gasteiger partial charge in [-0.05, 0) is 29.3 Å². The van der Waals surface area contributed by atoms with E-state index in [1.54, 1.807) is 0 Å². The summed E-state index contributed by atoms with van der Waals surface area (Å²) < 4.78 is 2.32. The first kappa shape index (κ1) is 11.9. The quantitative estimate of drug-likeness (QED) is 0.484. The minimum Gasteiger partial charge on any atom is -0.305 e. The molecule has 3 nitrogen and oxygen atoms in total. The molecule has 0 saturated carbocycles. The van der Waals surface area contributed by atoms with E-state index in [2.05, 4.69) is 58.7 Å². The summed E-state index contributed by atoms with van der Waals surface area (Å²) in [5, 5.41) is 1.22. The van der Waals surface area contributed by atoms with E-state index >= 15 is 0 Å². The summed E-state index contributed by atoms with van der Waals surface area (Å²) in [5.41, 5.74) is 7.26. The van der Waals surface area contributed by atoms with Gasteiger partial charge in [-0.2, -0.15) is 0 Å². The molecular formula is C19H15N3. The van der Waals surface area contributed by atoms with Gasteiger partial charge in [0.05, 0.1) is 28.4 Å². The first-order chi connectivity index (χ1) is 10.7. The van der Waals surface area contributed by atoms with Crippen molar-refractivity contribution in [3.8, 4) is 5.69 Å². The van der Waals surface area contributed by atoms with E-state index in [1.807, 2.05) is 24.7 Å². The highest BCUT2D eigenvalue weighted by Crippen LogP contribution is 2.46. The van der Waals surface area contributed by atoms with E-state index < -0.39 is 0 Å². The Hall–Kier alpha value is -2.68. The van der Waals surface area contributed by atoms with Crippen LogP contribution in [-0.2, 0) is 5.41 Å². The average molecular weight is 285 g/mol. The number of rotatable bonds is 0. The van der Waals surface area contributed by atoms with Crippen molar-refractivity contribution in [3.63, 3.8) is 0 Å². The van der Waals surface area contributed by atoms with Crippen molar-refractivity contribution in [1.29, 1.82) is 0 Å². The van der Waals surface area contributed by atoms with Crippen LogP contribution in [0.25, 0.3) is 27.6 Å². The second kappa shape index (κ2) is 3.74. The molecule has 22 heavy (non-hydrogen) atoms. The lowest BCUT2D eigenvalue weighted by molar-refractivity contribution is 0.628. The third-order valence-corrected chi connectivity index (χ3v) is 4.93. The van der Waals surface area contributed by atoms with Crippen LogP contribution < -0.4 is 0 Å². The molecule has 0 unspecified atom stereocenters. The van der Waals surface area contributed by atoms with E-state index in [4.69, 9.17) is 0 Å². The number of benzene rings is 1.